The smallest absolute Gasteiger partial charge is 0.259 e. The standard InChI is InChI=1S/C16H16IN3O2/c1-11-2-5-14(6-3-11)18-10-16(22)20-19-9-12-8-13(17)4-7-15(12)21/h2-9,18,21H,10H2,1H3,(H,20,22)/b19-9+. The molecule has 22 heavy (non-hydrogen) atoms. The Balaban J connectivity index is 1.83. The fourth-order valence-corrected chi connectivity index (χ4v) is 2.21. The lowest BCUT2D eigenvalue weighted by Gasteiger charge is -2.05. The van der Waals surface area contributed by atoms with Gasteiger partial charge in [-0.25, -0.2) is 5.43 Å². The molecule has 0 aliphatic rings. The first-order chi connectivity index (χ1) is 10.5. The fraction of sp³-hybridized carbons (Fsp3) is 0.125. The second-order valence-electron chi connectivity index (χ2n) is 4.72. The van der Waals surface area contributed by atoms with E-state index in [-0.39, 0.29) is 18.2 Å². The number of carbonyl (C=O) groups excluding carboxylic acids is 1. The Kier molecular flexibility index (Phi) is 5.76. The number of hydrogen-bond donors (Lipinski definition) is 3. The van der Waals surface area contributed by atoms with Crippen molar-refractivity contribution in [1.82, 2.24) is 5.43 Å². The summed E-state index contributed by atoms with van der Waals surface area (Å²) in [5, 5.41) is 16.5. The number of hydrogen-bond acceptors (Lipinski definition) is 4. The van der Waals surface area contributed by atoms with Crippen LogP contribution in [0.2, 0.25) is 0 Å². The van der Waals surface area contributed by atoms with Crippen LogP contribution < -0.4 is 10.7 Å². The van der Waals surface area contributed by atoms with Gasteiger partial charge in [-0.1, -0.05) is 17.7 Å². The summed E-state index contributed by atoms with van der Waals surface area (Å²) in [6.45, 7) is 2.13. The second-order valence-corrected chi connectivity index (χ2v) is 5.96. The molecule has 0 aliphatic carbocycles. The third kappa shape index (κ3) is 5.03. The van der Waals surface area contributed by atoms with Crippen molar-refractivity contribution in [3.05, 3.63) is 57.2 Å². The maximum Gasteiger partial charge on any atom is 0.259 e. The first-order valence-corrected chi connectivity index (χ1v) is 7.73. The summed E-state index contributed by atoms with van der Waals surface area (Å²) in [6, 6.07) is 12.9. The minimum absolute atomic E-state index is 0.121. The molecule has 6 heteroatoms. The monoisotopic (exact) mass is 409 g/mol. The Morgan fingerprint density at radius 1 is 1.27 bits per heavy atom. The summed E-state index contributed by atoms with van der Waals surface area (Å²) in [6.07, 6.45) is 1.42. The quantitative estimate of drug-likeness (QED) is 0.404. The molecular formula is C16H16IN3O2. The van der Waals surface area contributed by atoms with Gasteiger partial charge >= 0.3 is 0 Å². The lowest BCUT2D eigenvalue weighted by atomic mass is 10.2. The predicted molar refractivity (Wildman–Crippen MR) is 96.2 cm³/mol. The van der Waals surface area contributed by atoms with Crippen LogP contribution in [0.1, 0.15) is 11.1 Å². The number of anilines is 1. The minimum Gasteiger partial charge on any atom is -0.507 e. The lowest BCUT2D eigenvalue weighted by Crippen LogP contribution is -2.25. The van der Waals surface area contributed by atoms with E-state index in [9.17, 15) is 9.90 Å². The van der Waals surface area contributed by atoms with Gasteiger partial charge in [0, 0.05) is 14.8 Å². The Bertz CT molecular complexity index is 684. The summed E-state index contributed by atoms with van der Waals surface area (Å²) < 4.78 is 0.976. The average molecular weight is 409 g/mol. The summed E-state index contributed by atoms with van der Waals surface area (Å²) in [4.78, 5) is 11.7. The highest BCUT2D eigenvalue weighted by molar-refractivity contribution is 14.1. The van der Waals surface area contributed by atoms with Gasteiger partial charge in [-0.15, -0.1) is 0 Å². The predicted octanol–water partition coefficient (Wildman–Crippen LogP) is 2.87. The minimum atomic E-state index is -0.262. The first kappa shape index (κ1) is 16.3. The Morgan fingerprint density at radius 3 is 2.73 bits per heavy atom. The Labute approximate surface area is 142 Å². The van der Waals surface area contributed by atoms with Crippen LogP contribution in [-0.4, -0.2) is 23.8 Å². The van der Waals surface area contributed by atoms with E-state index in [1.165, 1.54) is 6.21 Å². The maximum absolute atomic E-state index is 11.7. The molecule has 114 valence electrons. The summed E-state index contributed by atoms with van der Waals surface area (Å²) in [5.74, 6) is -0.141. The SMILES string of the molecule is Cc1ccc(NCC(=O)N/N=C/c2cc(I)ccc2O)cc1. The number of nitrogens with zero attached hydrogens (tertiary/aromatic N) is 1. The largest absolute Gasteiger partial charge is 0.507 e. The number of nitrogens with one attached hydrogen (secondary N) is 2. The highest BCUT2D eigenvalue weighted by atomic mass is 127. The van der Waals surface area contributed by atoms with Crippen LogP contribution in [0, 0.1) is 10.5 Å². The van der Waals surface area contributed by atoms with Crippen LogP contribution in [0.25, 0.3) is 0 Å². The third-order valence-corrected chi connectivity index (χ3v) is 3.56. The molecule has 0 aliphatic heterocycles. The zero-order valence-electron chi connectivity index (χ0n) is 12.0. The highest BCUT2D eigenvalue weighted by Crippen LogP contribution is 2.17. The van der Waals surface area contributed by atoms with Crippen LogP contribution in [0.3, 0.4) is 0 Å². The van der Waals surface area contributed by atoms with Crippen molar-refractivity contribution in [2.24, 2.45) is 5.10 Å². The van der Waals surface area contributed by atoms with E-state index in [1.807, 2.05) is 31.2 Å². The van der Waals surface area contributed by atoms with Crippen molar-refractivity contribution in [2.45, 2.75) is 6.92 Å². The molecule has 2 aromatic rings. The van der Waals surface area contributed by atoms with Gasteiger partial charge in [0.05, 0.1) is 12.8 Å². The normalized spacial score (nSPS) is 10.6. The second kappa shape index (κ2) is 7.79. The zero-order chi connectivity index (χ0) is 15.9. The number of amides is 1. The van der Waals surface area contributed by atoms with Gasteiger partial charge in [0.15, 0.2) is 0 Å². The van der Waals surface area contributed by atoms with E-state index in [4.69, 9.17) is 0 Å². The van der Waals surface area contributed by atoms with Gasteiger partial charge in [0.1, 0.15) is 5.75 Å². The summed E-state index contributed by atoms with van der Waals surface area (Å²) in [7, 11) is 0. The van der Waals surface area contributed by atoms with Crippen LogP contribution >= 0.6 is 22.6 Å². The van der Waals surface area contributed by atoms with Crippen molar-refractivity contribution >= 4 is 40.4 Å². The van der Waals surface area contributed by atoms with Gasteiger partial charge in [-0.05, 0) is 59.8 Å². The molecule has 2 aromatic carbocycles. The molecule has 0 aromatic heterocycles. The van der Waals surface area contributed by atoms with Gasteiger partial charge < -0.3 is 10.4 Å². The zero-order valence-corrected chi connectivity index (χ0v) is 14.2. The molecule has 5 nitrogen and oxygen atoms in total. The van der Waals surface area contributed by atoms with Crippen molar-refractivity contribution < 1.29 is 9.90 Å². The number of benzene rings is 2. The van der Waals surface area contributed by atoms with Crippen molar-refractivity contribution in [3.8, 4) is 5.75 Å². The summed E-state index contributed by atoms with van der Waals surface area (Å²) in [5.41, 5.74) is 5.01. The first-order valence-electron chi connectivity index (χ1n) is 6.65. The van der Waals surface area contributed by atoms with E-state index in [2.05, 4.69) is 38.4 Å². The molecule has 2 rings (SSSR count). The highest BCUT2D eigenvalue weighted by Gasteiger charge is 2.01. The van der Waals surface area contributed by atoms with Crippen molar-refractivity contribution in [1.29, 1.82) is 0 Å². The average Bonchev–Trinajstić information content (AvgIpc) is 2.50. The van der Waals surface area contributed by atoms with E-state index in [0.29, 0.717) is 5.56 Å². The molecule has 0 saturated carbocycles. The van der Waals surface area contributed by atoms with E-state index >= 15 is 0 Å². The van der Waals surface area contributed by atoms with E-state index < -0.39 is 0 Å². The van der Waals surface area contributed by atoms with Crippen molar-refractivity contribution in [3.63, 3.8) is 0 Å². The molecule has 0 saturated heterocycles. The molecule has 1 amide bonds. The van der Waals surface area contributed by atoms with Crippen LogP contribution in [0.15, 0.2) is 47.6 Å². The molecule has 0 unspecified atom stereocenters. The van der Waals surface area contributed by atoms with Gasteiger partial charge in [-0.2, -0.15) is 5.10 Å². The van der Waals surface area contributed by atoms with Crippen LogP contribution in [0.5, 0.6) is 5.75 Å². The van der Waals surface area contributed by atoms with Crippen molar-refractivity contribution in [2.75, 3.05) is 11.9 Å². The van der Waals surface area contributed by atoms with Crippen LogP contribution in [0.4, 0.5) is 5.69 Å². The Morgan fingerprint density at radius 2 is 2.00 bits per heavy atom. The van der Waals surface area contributed by atoms with Gasteiger partial charge in [-0.3, -0.25) is 4.79 Å². The number of aromatic hydroxyl groups is 1. The lowest BCUT2D eigenvalue weighted by molar-refractivity contribution is -0.119. The molecular weight excluding hydrogens is 393 g/mol. The number of phenols is 1. The maximum atomic E-state index is 11.7. The molecule has 0 heterocycles. The number of carbonyl (C=O) groups is 1. The number of halogens is 1. The molecule has 0 fully saturated rings. The number of rotatable bonds is 5. The number of aryl methyl sites for hydroxylation is 1. The molecule has 0 bridgehead atoms. The van der Waals surface area contributed by atoms with E-state index in [1.54, 1.807) is 18.2 Å². The fourth-order valence-electron chi connectivity index (χ4n) is 1.70. The third-order valence-electron chi connectivity index (χ3n) is 2.89. The molecule has 3 N–H and O–H groups in total. The topological polar surface area (TPSA) is 73.7 Å². The molecule has 0 spiro atoms. The van der Waals surface area contributed by atoms with Gasteiger partial charge in [0.2, 0.25) is 0 Å². The van der Waals surface area contributed by atoms with E-state index in [0.717, 1.165) is 14.8 Å². The number of phenolic OH excluding ortho intramolecular Hbond substituents is 1. The molecule has 0 atom stereocenters. The number of hydrazone groups is 1. The van der Waals surface area contributed by atoms with Gasteiger partial charge in [0.25, 0.3) is 5.91 Å². The molecule has 0 radical (unpaired) electrons. The van der Waals surface area contributed by atoms with Crippen LogP contribution in [-0.2, 0) is 4.79 Å². The Hall–Kier alpha value is -2.09. The summed E-state index contributed by atoms with van der Waals surface area (Å²) >= 11 is 2.14.